The molecule has 174 valence electrons. The van der Waals surface area contributed by atoms with Crippen LogP contribution in [0, 0.1) is 12.7 Å². The van der Waals surface area contributed by atoms with Gasteiger partial charge in [0, 0.05) is 44.3 Å². The van der Waals surface area contributed by atoms with Crippen molar-refractivity contribution in [3.8, 4) is 0 Å². The Morgan fingerprint density at radius 1 is 1.12 bits per heavy atom. The molecule has 1 aliphatic heterocycles. The highest BCUT2D eigenvalue weighted by atomic mass is 19.1. The number of nitrogens with one attached hydrogen (secondary N) is 1. The van der Waals surface area contributed by atoms with Gasteiger partial charge in [-0.05, 0) is 45.4 Å². The normalized spacial score (nSPS) is 15.5. The third kappa shape index (κ3) is 6.86. The van der Waals surface area contributed by atoms with Gasteiger partial charge < -0.3 is 14.7 Å². The number of hydrogen-bond acceptors (Lipinski definition) is 6. The molecule has 2 amide bonds. The summed E-state index contributed by atoms with van der Waals surface area (Å²) in [6.07, 6.45) is 0. The predicted octanol–water partition coefficient (Wildman–Crippen LogP) is 2.51. The second-order valence-corrected chi connectivity index (χ2v) is 9.20. The first-order valence-corrected chi connectivity index (χ1v) is 10.8. The van der Waals surface area contributed by atoms with Gasteiger partial charge >= 0.3 is 0 Å². The van der Waals surface area contributed by atoms with Gasteiger partial charge in [0.1, 0.15) is 11.6 Å². The monoisotopic (exact) mass is 445 g/mol. The number of piperazine rings is 1. The van der Waals surface area contributed by atoms with Crippen molar-refractivity contribution < 1.29 is 18.5 Å². The summed E-state index contributed by atoms with van der Waals surface area (Å²) in [5.41, 5.74) is 0.384. The summed E-state index contributed by atoms with van der Waals surface area (Å²) < 4.78 is 18.5. The third-order valence-corrected chi connectivity index (χ3v) is 5.43. The molecule has 0 atom stereocenters. The lowest BCUT2D eigenvalue weighted by molar-refractivity contribution is -0.138. The van der Waals surface area contributed by atoms with Gasteiger partial charge in [0.05, 0.1) is 13.1 Å². The molecule has 2 aromatic rings. The van der Waals surface area contributed by atoms with Crippen LogP contribution in [0.25, 0.3) is 0 Å². The van der Waals surface area contributed by atoms with Crippen molar-refractivity contribution in [1.29, 1.82) is 0 Å². The van der Waals surface area contributed by atoms with E-state index in [2.05, 4.69) is 20.3 Å². The first kappa shape index (κ1) is 23.9. The highest BCUT2D eigenvalue weighted by Crippen LogP contribution is 2.19. The summed E-state index contributed by atoms with van der Waals surface area (Å²) >= 11 is 0. The molecule has 0 radical (unpaired) electrons. The van der Waals surface area contributed by atoms with Crippen LogP contribution >= 0.6 is 0 Å². The first-order chi connectivity index (χ1) is 15.1. The van der Waals surface area contributed by atoms with Crippen molar-refractivity contribution in [3.63, 3.8) is 0 Å². The van der Waals surface area contributed by atoms with E-state index in [9.17, 15) is 14.0 Å². The molecule has 2 heterocycles. The maximum atomic E-state index is 13.6. The summed E-state index contributed by atoms with van der Waals surface area (Å²) in [6.45, 7) is 11.4. The molecule has 1 aromatic heterocycles. The number of benzene rings is 1. The van der Waals surface area contributed by atoms with Crippen molar-refractivity contribution in [2.75, 3.05) is 44.6 Å². The second kappa shape index (κ2) is 10.2. The van der Waals surface area contributed by atoms with E-state index in [1.807, 2.05) is 26.8 Å². The van der Waals surface area contributed by atoms with E-state index in [1.54, 1.807) is 24.0 Å². The number of halogens is 1. The van der Waals surface area contributed by atoms with Crippen LogP contribution < -0.4 is 5.32 Å². The van der Waals surface area contributed by atoms with E-state index in [-0.39, 0.29) is 29.7 Å². The molecule has 1 saturated heterocycles. The Kier molecular flexibility index (Phi) is 7.63. The average Bonchev–Trinajstić information content (AvgIpc) is 3.11. The van der Waals surface area contributed by atoms with E-state index >= 15 is 0 Å². The van der Waals surface area contributed by atoms with Crippen molar-refractivity contribution >= 4 is 17.6 Å². The molecule has 0 bridgehead atoms. The molecule has 0 spiro atoms. The summed E-state index contributed by atoms with van der Waals surface area (Å²) in [4.78, 5) is 31.3. The number of hydrogen-bond donors (Lipinski definition) is 1. The number of amides is 2. The smallest absolute Gasteiger partial charge is 0.239 e. The predicted molar refractivity (Wildman–Crippen MR) is 119 cm³/mol. The maximum absolute atomic E-state index is 13.6. The van der Waals surface area contributed by atoms with Crippen LogP contribution in [0.2, 0.25) is 0 Å². The Labute approximate surface area is 188 Å². The highest BCUT2D eigenvalue weighted by molar-refractivity contribution is 5.91. The number of rotatable bonds is 7. The molecule has 1 aliphatic rings. The van der Waals surface area contributed by atoms with Crippen molar-refractivity contribution in [2.45, 2.75) is 39.8 Å². The summed E-state index contributed by atoms with van der Waals surface area (Å²) in [6, 6.07) is 8.04. The Bertz CT molecular complexity index is 932. The lowest BCUT2D eigenvalue weighted by Crippen LogP contribution is -2.53. The van der Waals surface area contributed by atoms with E-state index in [0.29, 0.717) is 50.8 Å². The van der Waals surface area contributed by atoms with Crippen LogP contribution in [-0.4, -0.2) is 76.5 Å². The minimum atomic E-state index is -0.386. The largest absolute Gasteiger partial charge is 0.360 e. The Balaban J connectivity index is 1.49. The molecular weight excluding hydrogens is 413 g/mol. The third-order valence-electron chi connectivity index (χ3n) is 5.43. The number of carbonyl (C=O) groups excluding carboxylic acids is 2. The summed E-state index contributed by atoms with van der Waals surface area (Å²) in [5, 5.41) is 6.49. The number of nitrogens with zero attached hydrogens (tertiary/aromatic N) is 4. The van der Waals surface area contributed by atoms with Gasteiger partial charge in [-0.2, -0.15) is 0 Å². The van der Waals surface area contributed by atoms with Crippen LogP contribution in [0.5, 0.6) is 0 Å². The molecular formula is C23H32FN5O3. The second-order valence-electron chi connectivity index (χ2n) is 9.20. The first-order valence-electron chi connectivity index (χ1n) is 10.8. The summed E-state index contributed by atoms with van der Waals surface area (Å²) in [5.74, 6) is 0.617. The lowest BCUT2D eigenvalue weighted by Gasteiger charge is -2.39. The number of aryl methyl sites for hydroxylation is 1. The molecule has 8 nitrogen and oxygen atoms in total. The fraction of sp³-hybridized carbons (Fsp3) is 0.522. The van der Waals surface area contributed by atoms with E-state index in [4.69, 9.17) is 4.52 Å². The quantitative estimate of drug-likeness (QED) is 0.705. The van der Waals surface area contributed by atoms with Gasteiger partial charge in [0.2, 0.25) is 11.8 Å². The van der Waals surface area contributed by atoms with Crippen LogP contribution in [0.15, 0.2) is 34.9 Å². The van der Waals surface area contributed by atoms with Gasteiger partial charge in [0.25, 0.3) is 0 Å². The molecule has 1 fully saturated rings. The van der Waals surface area contributed by atoms with Crippen molar-refractivity contribution in [3.05, 3.63) is 47.5 Å². The fourth-order valence-electron chi connectivity index (χ4n) is 3.71. The lowest BCUT2D eigenvalue weighted by atomic mass is 10.0. The van der Waals surface area contributed by atoms with Crippen LogP contribution in [0.4, 0.5) is 10.2 Å². The van der Waals surface area contributed by atoms with Gasteiger partial charge in [-0.3, -0.25) is 19.4 Å². The van der Waals surface area contributed by atoms with Gasteiger partial charge in [-0.15, -0.1) is 0 Å². The SMILES string of the molecule is Cc1cc(NC(=O)CN2CCN(CC(=O)N(Cc3cccc(F)c3)C(C)(C)C)CC2)no1. The number of anilines is 1. The molecule has 32 heavy (non-hydrogen) atoms. The van der Waals surface area contributed by atoms with Gasteiger partial charge in [-0.1, -0.05) is 17.3 Å². The molecule has 0 saturated carbocycles. The topological polar surface area (TPSA) is 81.9 Å². The van der Waals surface area contributed by atoms with E-state index in [1.165, 1.54) is 12.1 Å². The highest BCUT2D eigenvalue weighted by Gasteiger charge is 2.29. The zero-order valence-electron chi connectivity index (χ0n) is 19.2. The van der Waals surface area contributed by atoms with E-state index in [0.717, 1.165) is 5.56 Å². The minimum absolute atomic E-state index is 0.00866. The Morgan fingerprint density at radius 3 is 2.34 bits per heavy atom. The van der Waals surface area contributed by atoms with E-state index < -0.39 is 0 Å². The van der Waals surface area contributed by atoms with Crippen LogP contribution in [0.1, 0.15) is 32.1 Å². The summed E-state index contributed by atoms with van der Waals surface area (Å²) in [7, 11) is 0. The van der Waals surface area contributed by atoms with Crippen molar-refractivity contribution in [1.82, 2.24) is 19.9 Å². The minimum Gasteiger partial charge on any atom is -0.360 e. The standard InChI is InChI=1S/C23H32FN5O3/c1-17-12-20(26-32-17)25-21(30)15-27-8-10-28(11-9-27)16-22(31)29(23(2,3)4)14-18-6-5-7-19(24)13-18/h5-7,12-13H,8-11,14-16H2,1-4H3,(H,25,26,30). The number of carbonyl (C=O) groups is 2. The zero-order chi connectivity index (χ0) is 23.3. The molecule has 1 aromatic carbocycles. The maximum Gasteiger partial charge on any atom is 0.239 e. The molecule has 0 aliphatic carbocycles. The zero-order valence-corrected chi connectivity index (χ0v) is 19.2. The van der Waals surface area contributed by atoms with Gasteiger partial charge in [0.15, 0.2) is 5.82 Å². The number of aromatic nitrogens is 1. The molecule has 1 N–H and O–H groups in total. The van der Waals surface area contributed by atoms with Crippen LogP contribution in [-0.2, 0) is 16.1 Å². The molecule has 3 rings (SSSR count). The Hall–Kier alpha value is -2.78. The molecule has 9 heteroatoms. The molecule has 0 unspecified atom stereocenters. The van der Waals surface area contributed by atoms with Crippen LogP contribution in [0.3, 0.4) is 0 Å². The Morgan fingerprint density at radius 2 is 1.78 bits per heavy atom. The average molecular weight is 446 g/mol. The fourth-order valence-corrected chi connectivity index (χ4v) is 3.71. The van der Waals surface area contributed by atoms with Gasteiger partial charge in [-0.25, -0.2) is 4.39 Å². The van der Waals surface area contributed by atoms with Crippen molar-refractivity contribution in [2.24, 2.45) is 0 Å².